The molecule has 1 aromatic rings. The summed E-state index contributed by atoms with van der Waals surface area (Å²) in [4.78, 5) is 23.9. The number of amides is 1. The van der Waals surface area contributed by atoms with Crippen LogP contribution in [-0.4, -0.2) is 28.6 Å². The van der Waals surface area contributed by atoms with Gasteiger partial charge in [0, 0.05) is 11.7 Å². The van der Waals surface area contributed by atoms with Gasteiger partial charge in [-0.1, -0.05) is 6.92 Å². The molecule has 0 saturated carbocycles. The minimum absolute atomic E-state index is 0.113. The van der Waals surface area contributed by atoms with Crippen LogP contribution in [0, 0.1) is 6.92 Å². The van der Waals surface area contributed by atoms with Crippen molar-refractivity contribution in [1.29, 1.82) is 0 Å². The minimum Gasteiger partial charge on any atom is -0.461 e. The van der Waals surface area contributed by atoms with Gasteiger partial charge in [0.25, 0.3) is 0 Å². The Morgan fingerprint density at radius 2 is 2.00 bits per heavy atom. The number of hydrogen-bond acceptors (Lipinski definition) is 3. The fraction of sp³-hybridized carbons (Fsp3) is 0.600. The fourth-order valence-electron chi connectivity index (χ4n) is 1.85. The average Bonchev–Trinajstić information content (AvgIpc) is 2.70. The lowest BCUT2D eigenvalue weighted by molar-refractivity contribution is -0.123. The molecular formula is C15H24N2O3. The number of carbonyl (C=O) groups excluding carboxylic acids is 2. The number of nitrogens with one attached hydrogen (secondary N) is 1. The maximum Gasteiger partial charge on any atom is 0.355 e. The zero-order valence-corrected chi connectivity index (χ0v) is 12.9. The van der Waals surface area contributed by atoms with Crippen molar-refractivity contribution in [3.05, 3.63) is 23.5 Å². The van der Waals surface area contributed by atoms with Crippen molar-refractivity contribution in [2.24, 2.45) is 0 Å². The first-order chi connectivity index (χ1) is 9.30. The van der Waals surface area contributed by atoms with Crippen LogP contribution in [0.15, 0.2) is 12.3 Å². The van der Waals surface area contributed by atoms with Crippen molar-refractivity contribution in [2.75, 3.05) is 6.61 Å². The summed E-state index contributed by atoms with van der Waals surface area (Å²) in [6.07, 6.45) is 2.58. The SMILES string of the molecule is CCOC(=O)c1c(C)ccn1CC(=O)NC(C)(C)CC. The van der Waals surface area contributed by atoms with E-state index in [1.54, 1.807) is 17.7 Å². The Balaban J connectivity index is 2.83. The van der Waals surface area contributed by atoms with Crippen LogP contribution >= 0.6 is 0 Å². The van der Waals surface area contributed by atoms with Gasteiger partial charge in [-0.05, 0) is 45.7 Å². The maximum atomic E-state index is 12.0. The first-order valence-corrected chi connectivity index (χ1v) is 6.94. The van der Waals surface area contributed by atoms with E-state index >= 15 is 0 Å². The number of ether oxygens (including phenoxy) is 1. The monoisotopic (exact) mass is 280 g/mol. The van der Waals surface area contributed by atoms with Crippen LogP contribution in [0.1, 0.15) is 50.2 Å². The number of aromatic nitrogens is 1. The molecule has 0 fully saturated rings. The highest BCUT2D eigenvalue weighted by Crippen LogP contribution is 2.12. The van der Waals surface area contributed by atoms with E-state index < -0.39 is 5.97 Å². The van der Waals surface area contributed by atoms with E-state index in [1.165, 1.54) is 0 Å². The summed E-state index contributed by atoms with van der Waals surface area (Å²) in [6, 6.07) is 1.81. The summed E-state index contributed by atoms with van der Waals surface area (Å²) in [5, 5.41) is 2.95. The van der Waals surface area contributed by atoms with E-state index in [-0.39, 0.29) is 18.0 Å². The highest BCUT2D eigenvalue weighted by molar-refractivity contribution is 5.90. The van der Waals surface area contributed by atoms with Gasteiger partial charge in [0.2, 0.25) is 5.91 Å². The Labute approximate surface area is 120 Å². The third kappa shape index (κ3) is 4.11. The van der Waals surface area contributed by atoms with Crippen molar-refractivity contribution >= 4 is 11.9 Å². The van der Waals surface area contributed by atoms with Gasteiger partial charge in [0.15, 0.2) is 0 Å². The topological polar surface area (TPSA) is 60.3 Å². The molecule has 5 nitrogen and oxygen atoms in total. The average molecular weight is 280 g/mol. The van der Waals surface area contributed by atoms with Gasteiger partial charge in [0.05, 0.1) is 6.61 Å². The van der Waals surface area contributed by atoms with Gasteiger partial charge >= 0.3 is 5.97 Å². The molecule has 5 heteroatoms. The molecule has 1 rings (SSSR count). The van der Waals surface area contributed by atoms with Crippen LogP contribution in [0.4, 0.5) is 0 Å². The van der Waals surface area contributed by atoms with Crippen molar-refractivity contribution in [2.45, 2.75) is 53.1 Å². The van der Waals surface area contributed by atoms with E-state index in [0.29, 0.717) is 12.3 Å². The zero-order chi connectivity index (χ0) is 15.3. The van der Waals surface area contributed by atoms with Crippen molar-refractivity contribution in [3.63, 3.8) is 0 Å². The maximum absolute atomic E-state index is 12.0. The Morgan fingerprint density at radius 3 is 2.55 bits per heavy atom. The number of carbonyl (C=O) groups is 2. The van der Waals surface area contributed by atoms with Gasteiger partial charge in [-0.15, -0.1) is 0 Å². The zero-order valence-electron chi connectivity index (χ0n) is 12.9. The summed E-state index contributed by atoms with van der Waals surface area (Å²) in [7, 11) is 0. The van der Waals surface area contributed by atoms with Gasteiger partial charge < -0.3 is 14.6 Å². The molecule has 0 unspecified atom stereocenters. The second-order valence-corrected chi connectivity index (χ2v) is 5.48. The molecule has 0 radical (unpaired) electrons. The largest absolute Gasteiger partial charge is 0.461 e. The van der Waals surface area contributed by atoms with E-state index in [1.807, 2.05) is 33.8 Å². The first kappa shape index (κ1) is 16.3. The second-order valence-electron chi connectivity index (χ2n) is 5.48. The van der Waals surface area contributed by atoms with Gasteiger partial charge in [0.1, 0.15) is 12.2 Å². The van der Waals surface area contributed by atoms with Crippen molar-refractivity contribution in [1.82, 2.24) is 9.88 Å². The van der Waals surface area contributed by atoms with Gasteiger partial charge in [-0.25, -0.2) is 4.79 Å². The van der Waals surface area contributed by atoms with E-state index in [9.17, 15) is 9.59 Å². The van der Waals surface area contributed by atoms with Crippen molar-refractivity contribution in [3.8, 4) is 0 Å². The summed E-state index contributed by atoms with van der Waals surface area (Å²) in [5.41, 5.74) is 1.01. The Bertz CT molecular complexity index is 489. The number of aryl methyl sites for hydroxylation is 1. The molecule has 1 aromatic heterocycles. The number of esters is 1. The third-order valence-corrected chi connectivity index (χ3v) is 3.31. The molecule has 0 bridgehead atoms. The highest BCUT2D eigenvalue weighted by atomic mass is 16.5. The third-order valence-electron chi connectivity index (χ3n) is 3.31. The Morgan fingerprint density at radius 1 is 1.35 bits per heavy atom. The van der Waals surface area contributed by atoms with Crippen molar-refractivity contribution < 1.29 is 14.3 Å². The molecule has 1 N–H and O–H groups in total. The second kappa shape index (κ2) is 6.59. The summed E-state index contributed by atoms with van der Waals surface area (Å²) >= 11 is 0. The molecule has 112 valence electrons. The van der Waals surface area contributed by atoms with Crippen LogP contribution in [0.5, 0.6) is 0 Å². The molecule has 0 aliphatic heterocycles. The first-order valence-electron chi connectivity index (χ1n) is 6.94. The summed E-state index contributed by atoms with van der Waals surface area (Å²) in [5.74, 6) is -0.504. The molecule has 0 atom stereocenters. The van der Waals surface area contributed by atoms with Crippen LogP contribution in [0.25, 0.3) is 0 Å². The summed E-state index contributed by atoms with van der Waals surface area (Å²) in [6.45, 7) is 9.98. The Hall–Kier alpha value is -1.78. The molecule has 20 heavy (non-hydrogen) atoms. The molecule has 1 amide bonds. The van der Waals surface area contributed by atoms with Crippen LogP contribution in [0.2, 0.25) is 0 Å². The van der Waals surface area contributed by atoms with Gasteiger partial charge in [-0.2, -0.15) is 0 Å². The molecular weight excluding hydrogens is 256 g/mol. The predicted molar refractivity (Wildman–Crippen MR) is 77.6 cm³/mol. The molecule has 1 heterocycles. The normalized spacial score (nSPS) is 11.2. The highest BCUT2D eigenvalue weighted by Gasteiger charge is 2.21. The molecule has 0 saturated heterocycles. The van der Waals surface area contributed by atoms with E-state index in [2.05, 4.69) is 5.32 Å². The lowest BCUT2D eigenvalue weighted by atomic mass is 10.0. The smallest absolute Gasteiger partial charge is 0.355 e. The lowest BCUT2D eigenvalue weighted by Crippen LogP contribution is -2.44. The van der Waals surface area contributed by atoms with E-state index in [0.717, 1.165) is 12.0 Å². The number of hydrogen-bond donors (Lipinski definition) is 1. The molecule has 0 spiro atoms. The predicted octanol–water partition coefficient (Wildman–Crippen LogP) is 2.28. The molecule has 0 aliphatic rings. The quantitative estimate of drug-likeness (QED) is 0.813. The Kier molecular flexibility index (Phi) is 5.36. The number of nitrogens with zero attached hydrogens (tertiary/aromatic N) is 1. The van der Waals surface area contributed by atoms with Crippen LogP contribution < -0.4 is 5.32 Å². The number of rotatable bonds is 6. The van der Waals surface area contributed by atoms with Gasteiger partial charge in [-0.3, -0.25) is 4.79 Å². The van der Waals surface area contributed by atoms with Crippen LogP contribution in [0.3, 0.4) is 0 Å². The van der Waals surface area contributed by atoms with E-state index in [4.69, 9.17) is 4.74 Å². The lowest BCUT2D eigenvalue weighted by Gasteiger charge is -2.24. The molecule has 0 aromatic carbocycles. The van der Waals surface area contributed by atoms with Crippen LogP contribution in [-0.2, 0) is 16.1 Å². The fourth-order valence-corrected chi connectivity index (χ4v) is 1.85. The molecule has 0 aliphatic carbocycles. The standard InChI is InChI=1S/C15H24N2O3/c1-6-15(4,5)16-12(18)10-17-9-8-11(3)13(17)14(19)20-7-2/h8-9H,6-7,10H2,1-5H3,(H,16,18). The summed E-state index contributed by atoms with van der Waals surface area (Å²) < 4.78 is 6.65. The minimum atomic E-state index is -0.391.